The van der Waals surface area contributed by atoms with E-state index in [1.54, 1.807) is 25.1 Å². The number of benzene rings is 2. The molecule has 2 aromatic rings. The highest BCUT2D eigenvalue weighted by molar-refractivity contribution is 5.97. The number of hydrogen-bond acceptors (Lipinski definition) is 6. The second kappa shape index (κ2) is 9.09. The standard InChI is InChI=1S/C18H17N3O6/c1-2-19-18(24)12-4-3-5-14(8-12)20-17(23)11-27-16-7-6-15(21(25)26)9-13(16)10-22/h3-10H,2,11H2,1H3,(H,19,24)(H,20,23). The van der Waals surface area contributed by atoms with Crippen LogP contribution >= 0.6 is 0 Å². The van der Waals surface area contributed by atoms with E-state index in [4.69, 9.17) is 4.74 Å². The number of nitrogens with one attached hydrogen (secondary N) is 2. The molecule has 9 heteroatoms. The fraction of sp³-hybridized carbons (Fsp3) is 0.167. The number of non-ortho nitro benzene ring substituents is 1. The van der Waals surface area contributed by atoms with Crippen LogP contribution < -0.4 is 15.4 Å². The molecule has 0 aliphatic rings. The normalized spacial score (nSPS) is 9.96. The minimum Gasteiger partial charge on any atom is -0.483 e. The van der Waals surface area contributed by atoms with E-state index in [2.05, 4.69) is 10.6 Å². The summed E-state index contributed by atoms with van der Waals surface area (Å²) in [6.45, 7) is 1.87. The summed E-state index contributed by atoms with van der Waals surface area (Å²) in [6, 6.07) is 9.87. The molecule has 0 aliphatic carbocycles. The van der Waals surface area contributed by atoms with Gasteiger partial charge in [0.25, 0.3) is 17.5 Å². The number of amides is 2. The Hall–Kier alpha value is -3.75. The molecule has 2 rings (SSSR count). The van der Waals surface area contributed by atoms with Gasteiger partial charge in [-0.15, -0.1) is 0 Å². The third-order valence-corrected chi connectivity index (χ3v) is 3.44. The molecule has 0 heterocycles. The van der Waals surface area contributed by atoms with Gasteiger partial charge in [-0.05, 0) is 31.2 Å². The Morgan fingerprint density at radius 1 is 1.22 bits per heavy atom. The van der Waals surface area contributed by atoms with Crippen molar-refractivity contribution in [2.45, 2.75) is 6.92 Å². The Labute approximate surface area is 154 Å². The lowest BCUT2D eigenvalue weighted by atomic mass is 10.2. The number of anilines is 1. The van der Waals surface area contributed by atoms with Crippen LogP contribution in [0.1, 0.15) is 27.6 Å². The summed E-state index contributed by atoms with van der Waals surface area (Å²) in [4.78, 5) is 45.0. The maximum Gasteiger partial charge on any atom is 0.270 e. The van der Waals surface area contributed by atoms with Crippen molar-refractivity contribution >= 4 is 29.5 Å². The van der Waals surface area contributed by atoms with E-state index >= 15 is 0 Å². The zero-order chi connectivity index (χ0) is 19.8. The molecule has 9 nitrogen and oxygen atoms in total. The number of carbonyl (C=O) groups excluding carboxylic acids is 3. The highest BCUT2D eigenvalue weighted by atomic mass is 16.6. The second-order valence-electron chi connectivity index (χ2n) is 5.37. The van der Waals surface area contributed by atoms with Gasteiger partial charge in [0, 0.05) is 29.9 Å². The molecule has 0 atom stereocenters. The molecule has 27 heavy (non-hydrogen) atoms. The van der Waals surface area contributed by atoms with Crippen LogP contribution in [0, 0.1) is 10.1 Å². The number of carbonyl (C=O) groups is 3. The number of ether oxygens (including phenoxy) is 1. The summed E-state index contributed by atoms with van der Waals surface area (Å²) in [5.41, 5.74) is 0.521. The van der Waals surface area contributed by atoms with Crippen molar-refractivity contribution in [1.29, 1.82) is 0 Å². The van der Waals surface area contributed by atoms with Crippen LogP contribution in [-0.4, -0.2) is 36.2 Å². The first-order valence-electron chi connectivity index (χ1n) is 7.99. The third kappa shape index (κ3) is 5.36. The number of nitro groups is 1. The summed E-state index contributed by atoms with van der Waals surface area (Å²) in [5.74, 6) is -0.716. The minimum absolute atomic E-state index is 0.0322. The van der Waals surface area contributed by atoms with Gasteiger partial charge < -0.3 is 15.4 Å². The largest absolute Gasteiger partial charge is 0.483 e. The Kier molecular flexibility index (Phi) is 6.59. The van der Waals surface area contributed by atoms with E-state index in [1.165, 1.54) is 18.2 Å². The van der Waals surface area contributed by atoms with Gasteiger partial charge in [-0.2, -0.15) is 0 Å². The van der Waals surface area contributed by atoms with Crippen LogP contribution in [0.25, 0.3) is 0 Å². The zero-order valence-electron chi connectivity index (χ0n) is 14.4. The van der Waals surface area contributed by atoms with Crippen molar-refractivity contribution in [2.75, 3.05) is 18.5 Å². The Morgan fingerprint density at radius 2 is 2.00 bits per heavy atom. The van der Waals surface area contributed by atoms with Crippen molar-refractivity contribution in [3.8, 4) is 5.75 Å². The number of hydrogen-bond donors (Lipinski definition) is 2. The first-order valence-corrected chi connectivity index (χ1v) is 7.99. The first kappa shape index (κ1) is 19.6. The molecular weight excluding hydrogens is 354 g/mol. The van der Waals surface area contributed by atoms with Crippen molar-refractivity contribution in [2.24, 2.45) is 0 Å². The van der Waals surface area contributed by atoms with Gasteiger partial charge in [0.05, 0.1) is 10.5 Å². The second-order valence-corrected chi connectivity index (χ2v) is 5.37. The summed E-state index contributed by atoms with van der Waals surface area (Å²) >= 11 is 0. The number of nitro benzene ring substituents is 1. The Morgan fingerprint density at radius 3 is 2.67 bits per heavy atom. The van der Waals surface area contributed by atoms with E-state index in [0.29, 0.717) is 24.1 Å². The monoisotopic (exact) mass is 371 g/mol. The van der Waals surface area contributed by atoms with Gasteiger partial charge in [-0.3, -0.25) is 24.5 Å². The van der Waals surface area contributed by atoms with Gasteiger partial charge in [0.15, 0.2) is 12.9 Å². The molecule has 0 saturated carbocycles. The van der Waals surface area contributed by atoms with Gasteiger partial charge in [-0.25, -0.2) is 0 Å². The highest BCUT2D eigenvalue weighted by Crippen LogP contribution is 2.22. The number of rotatable bonds is 8. The van der Waals surface area contributed by atoms with Gasteiger partial charge >= 0.3 is 0 Å². The van der Waals surface area contributed by atoms with E-state index < -0.39 is 17.4 Å². The average Bonchev–Trinajstić information content (AvgIpc) is 2.66. The number of nitrogens with zero attached hydrogens (tertiary/aromatic N) is 1. The minimum atomic E-state index is -0.634. The van der Waals surface area contributed by atoms with Crippen LogP contribution in [-0.2, 0) is 4.79 Å². The fourth-order valence-electron chi connectivity index (χ4n) is 2.21. The topological polar surface area (TPSA) is 128 Å². The van der Waals surface area contributed by atoms with Crippen LogP contribution in [0.3, 0.4) is 0 Å². The van der Waals surface area contributed by atoms with Gasteiger partial charge in [0.2, 0.25) is 0 Å². The Balaban J connectivity index is 2.01. The molecule has 0 unspecified atom stereocenters. The van der Waals surface area contributed by atoms with Crippen LogP contribution in [0.15, 0.2) is 42.5 Å². The summed E-state index contributed by atoms with van der Waals surface area (Å²) < 4.78 is 5.27. The predicted octanol–water partition coefficient (Wildman–Crippen LogP) is 2.17. The first-order chi connectivity index (χ1) is 12.9. The van der Waals surface area contributed by atoms with Crippen LogP contribution in [0.4, 0.5) is 11.4 Å². The molecule has 0 fully saturated rings. The molecule has 0 aliphatic heterocycles. The summed E-state index contributed by atoms with van der Waals surface area (Å²) in [5, 5.41) is 16.0. The van der Waals surface area contributed by atoms with Crippen molar-refractivity contribution in [3.63, 3.8) is 0 Å². The smallest absolute Gasteiger partial charge is 0.270 e. The lowest BCUT2D eigenvalue weighted by molar-refractivity contribution is -0.384. The van der Waals surface area contributed by atoms with E-state index in [0.717, 1.165) is 6.07 Å². The highest BCUT2D eigenvalue weighted by Gasteiger charge is 2.13. The van der Waals surface area contributed by atoms with E-state index in [9.17, 15) is 24.5 Å². The quantitative estimate of drug-likeness (QED) is 0.416. The molecule has 0 saturated heterocycles. The van der Waals surface area contributed by atoms with Crippen LogP contribution in [0.2, 0.25) is 0 Å². The molecule has 2 aromatic carbocycles. The molecule has 0 radical (unpaired) electrons. The lowest BCUT2D eigenvalue weighted by Crippen LogP contribution is -2.23. The maximum atomic E-state index is 12.0. The lowest BCUT2D eigenvalue weighted by Gasteiger charge is -2.10. The number of aldehydes is 1. The predicted molar refractivity (Wildman–Crippen MR) is 97.1 cm³/mol. The third-order valence-electron chi connectivity index (χ3n) is 3.44. The van der Waals surface area contributed by atoms with Crippen molar-refractivity contribution < 1.29 is 24.0 Å². The molecular formula is C18H17N3O6. The van der Waals surface area contributed by atoms with Crippen LogP contribution in [0.5, 0.6) is 5.75 Å². The Bertz CT molecular complexity index is 881. The molecule has 2 N–H and O–H groups in total. The maximum absolute atomic E-state index is 12.0. The van der Waals surface area contributed by atoms with E-state index in [1.807, 2.05) is 0 Å². The van der Waals surface area contributed by atoms with Gasteiger partial charge in [0.1, 0.15) is 5.75 Å². The molecule has 0 spiro atoms. The molecule has 140 valence electrons. The van der Waals surface area contributed by atoms with E-state index in [-0.39, 0.29) is 22.9 Å². The fourth-order valence-corrected chi connectivity index (χ4v) is 2.21. The molecule has 2 amide bonds. The summed E-state index contributed by atoms with van der Waals surface area (Å²) in [6.07, 6.45) is 0.413. The van der Waals surface area contributed by atoms with Crippen molar-refractivity contribution in [3.05, 3.63) is 63.7 Å². The summed E-state index contributed by atoms with van der Waals surface area (Å²) in [7, 11) is 0. The van der Waals surface area contributed by atoms with Crippen molar-refractivity contribution in [1.82, 2.24) is 5.32 Å². The molecule has 0 aromatic heterocycles. The average molecular weight is 371 g/mol. The zero-order valence-corrected chi connectivity index (χ0v) is 14.4. The SMILES string of the molecule is CCNC(=O)c1cccc(NC(=O)COc2ccc([N+](=O)[O-])cc2C=O)c1. The van der Waals surface area contributed by atoms with Gasteiger partial charge in [-0.1, -0.05) is 6.07 Å². The molecule has 0 bridgehead atoms.